The van der Waals surface area contributed by atoms with Crippen LogP contribution < -0.4 is 15.4 Å². The lowest BCUT2D eigenvalue weighted by Gasteiger charge is -2.38. The van der Waals surface area contributed by atoms with Crippen LogP contribution in [-0.4, -0.2) is 13.0 Å². The van der Waals surface area contributed by atoms with Gasteiger partial charge in [0.2, 0.25) is 0 Å². The fourth-order valence-corrected chi connectivity index (χ4v) is 4.70. The normalized spacial score (nSPS) is 21.3. The zero-order chi connectivity index (χ0) is 20.5. The number of allylic oxidation sites excluding steroid dienone is 2. The number of amides is 1. The van der Waals surface area contributed by atoms with E-state index in [1.807, 2.05) is 48.5 Å². The smallest absolute Gasteiger partial charge is 0.255 e. The second-order valence-electron chi connectivity index (χ2n) is 7.84. The van der Waals surface area contributed by atoms with E-state index < -0.39 is 0 Å². The number of hydrogen-bond acceptors (Lipinski definition) is 3. The Balaban J connectivity index is 1.46. The molecule has 2 aliphatic rings. The number of para-hydroxylation sites is 1. The van der Waals surface area contributed by atoms with Gasteiger partial charge >= 0.3 is 0 Å². The number of ether oxygens (including phenoxy) is 1. The first-order chi connectivity index (χ1) is 14.7. The fraction of sp³-hybridized carbons (Fsp3) is 0.192. The number of carbonyl (C=O) groups excluding carboxylic acids is 1. The molecule has 4 nitrogen and oxygen atoms in total. The minimum absolute atomic E-state index is 0.0928. The van der Waals surface area contributed by atoms with Gasteiger partial charge in [0.1, 0.15) is 5.75 Å². The second kappa shape index (κ2) is 7.71. The Bertz CT molecular complexity index is 1110. The molecule has 5 rings (SSSR count). The molecular formula is C26H24N2O2. The third-order valence-electron chi connectivity index (χ3n) is 6.13. The number of anilines is 2. The van der Waals surface area contributed by atoms with E-state index >= 15 is 0 Å². The van der Waals surface area contributed by atoms with Gasteiger partial charge in [0.15, 0.2) is 0 Å². The summed E-state index contributed by atoms with van der Waals surface area (Å²) < 4.78 is 5.63. The highest BCUT2D eigenvalue weighted by Gasteiger charge is 2.39. The zero-order valence-electron chi connectivity index (χ0n) is 16.8. The number of hydrogen-bond donors (Lipinski definition) is 2. The fourth-order valence-electron chi connectivity index (χ4n) is 4.70. The largest absolute Gasteiger partial charge is 0.496 e. The Morgan fingerprint density at radius 1 is 1.00 bits per heavy atom. The average Bonchev–Trinajstić information content (AvgIpc) is 3.29. The summed E-state index contributed by atoms with van der Waals surface area (Å²) in [5.74, 6) is 1.54. The van der Waals surface area contributed by atoms with Gasteiger partial charge in [-0.25, -0.2) is 0 Å². The molecule has 0 spiro atoms. The molecule has 2 N–H and O–H groups in total. The van der Waals surface area contributed by atoms with Crippen molar-refractivity contribution in [3.63, 3.8) is 0 Å². The van der Waals surface area contributed by atoms with Crippen LogP contribution in [0.4, 0.5) is 11.4 Å². The van der Waals surface area contributed by atoms with E-state index in [-0.39, 0.29) is 11.9 Å². The van der Waals surface area contributed by atoms with Crippen molar-refractivity contribution in [1.29, 1.82) is 0 Å². The number of rotatable bonds is 4. The van der Waals surface area contributed by atoms with Gasteiger partial charge in [0.25, 0.3) is 5.91 Å². The van der Waals surface area contributed by atoms with E-state index in [0.29, 0.717) is 17.4 Å². The van der Waals surface area contributed by atoms with Gasteiger partial charge in [-0.05, 0) is 54.3 Å². The first-order valence-corrected chi connectivity index (χ1v) is 10.3. The standard InChI is InChI=1S/C26H24N2O2/c1-30-24-13-6-5-10-21(24)25-20-12-7-11-19(20)22-16-18(14-15-23(22)28-25)27-26(29)17-8-3-2-4-9-17/h2-11,13-16,19-20,25,28H,12H2,1H3,(H,27,29). The predicted molar refractivity (Wildman–Crippen MR) is 120 cm³/mol. The molecule has 3 unspecified atom stereocenters. The highest BCUT2D eigenvalue weighted by Crippen LogP contribution is 2.51. The zero-order valence-corrected chi connectivity index (χ0v) is 16.8. The van der Waals surface area contributed by atoms with Gasteiger partial charge in [0, 0.05) is 28.4 Å². The van der Waals surface area contributed by atoms with Gasteiger partial charge in [-0.2, -0.15) is 0 Å². The van der Waals surface area contributed by atoms with Gasteiger partial charge in [-0.3, -0.25) is 4.79 Å². The van der Waals surface area contributed by atoms with Crippen LogP contribution in [0.25, 0.3) is 0 Å². The van der Waals surface area contributed by atoms with Gasteiger partial charge in [0.05, 0.1) is 13.2 Å². The van der Waals surface area contributed by atoms with Gasteiger partial charge in [-0.15, -0.1) is 0 Å². The first kappa shape index (κ1) is 18.5. The molecule has 1 aliphatic carbocycles. The Hall–Kier alpha value is -3.53. The minimum Gasteiger partial charge on any atom is -0.496 e. The SMILES string of the molecule is COc1ccccc1C1Nc2ccc(NC(=O)c3ccccc3)cc2C2C=CCC21. The van der Waals surface area contributed by atoms with Crippen molar-refractivity contribution in [3.8, 4) is 5.75 Å². The first-order valence-electron chi connectivity index (χ1n) is 10.3. The molecule has 4 heteroatoms. The molecule has 3 atom stereocenters. The van der Waals surface area contributed by atoms with Crippen molar-refractivity contribution < 1.29 is 9.53 Å². The topological polar surface area (TPSA) is 50.4 Å². The molecule has 0 aromatic heterocycles. The maximum absolute atomic E-state index is 12.6. The van der Waals surface area contributed by atoms with Gasteiger partial charge in [-0.1, -0.05) is 48.6 Å². The van der Waals surface area contributed by atoms with E-state index in [1.165, 1.54) is 11.1 Å². The molecule has 0 fully saturated rings. The lowest BCUT2D eigenvalue weighted by molar-refractivity contribution is 0.102. The van der Waals surface area contributed by atoms with Crippen LogP contribution in [0, 0.1) is 5.92 Å². The van der Waals surface area contributed by atoms with E-state index in [9.17, 15) is 4.79 Å². The van der Waals surface area contributed by atoms with Crippen molar-refractivity contribution >= 4 is 17.3 Å². The lowest BCUT2D eigenvalue weighted by atomic mass is 9.76. The number of methoxy groups -OCH3 is 1. The number of carbonyl (C=O) groups is 1. The average molecular weight is 396 g/mol. The molecule has 3 aromatic rings. The van der Waals surface area contributed by atoms with Crippen LogP contribution in [0.1, 0.15) is 39.9 Å². The Morgan fingerprint density at radius 3 is 2.63 bits per heavy atom. The summed E-state index contributed by atoms with van der Waals surface area (Å²) in [6.45, 7) is 0. The Morgan fingerprint density at radius 2 is 1.80 bits per heavy atom. The summed E-state index contributed by atoms with van der Waals surface area (Å²) in [6.07, 6.45) is 5.58. The molecule has 150 valence electrons. The van der Waals surface area contributed by atoms with E-state index in [2.05, 4.69) is 47.1 Å². The summed E-state index contributed by atoms with van der Waals surface area (Å²) in [5, 5.41) is 6.78. The monoisotopic (exact) mass is 396 g/mol. The molecule has 1 heterocycles. The van der Waals surface area contributed by atoms with Crippen LogP contribution in [0.3, 0.4) is 0 Å². The second-order valence-corrected chi connectivity index (χ2v) is 7.84. The predicted octanol–water partition coefficient (Wildman–Crippen LogP) is 5.77. The van der Waals surface area contributed by atoms with Crippen molar-refractivity contribution in [2.24, 2.45) is 5.92 Å². The molecular weight excluding hydrogens is 372 g/mol. The van der Waals surface area contributed by atoms with Crippen molar-refractivity contribution in [1.82, 2.24) is 0 Å². The van der Waals surface area contributed by atoms with Crippen LogP contribution in [-0.2, 0) is 0 Å². The maximum atomic E-state index is 12.6. The number of fused-ring (bicyclic) bond motifs is 3. The molecule has 0 bridgehead atoms. The third-order valence-corrected chi connectivity index (χ3v) is 6.13. The van der Waals surface area contributed by atoms with Crippen molar-refractivity contribution in [3.05, 3.63) is 102 Å². The molecule has 1 amide bonds. The number of benzene rings is 3. The molecule has 30 heavy (non-hydrogen) atoms. The summed E-state index contributed by atoms with van der Waals surface area (Å²) in [6, 6.07) is 23.9. The van der Waals surface area contributed by atoms with Crippen LogP contribution >= 0.6 is 0 Å². The number of nitrogens with one attached hydrogen (secondary N) is 2. The van der Waals surface area contributed by atoms with Crippen LogP contribution in [0.15, 0.2) is 84.9 Å². The van der Waals surface area contributed by atoms with Crippen molar-refractivity contribution in [2.45, 2.75) is 18.4 Å². The van der Waals surface area contributed by atoms with E-state index in [4.69, 9.17) is 4.74 Å². The summed E-state index contributed by atoms with van der Waals surface area (Å²) >= 11 is 0. The summed E-state index contributed by atoms with van der Waals surface area (Å²) in [4.78, 5) is 12.6. The van der Waals surface area contributed by atoms with E-state index in [0.717, 1.165) is 23.5 Å². The summed E-state index contributed by atoms with van der Waals surface area (Å²) in [7, 11) is 1.72. The molecule has 1 aliphatic heterocycles. The van der Waals surface area contributed by atoms with E-state index in [1.54, 1.807) is 7.11 Å². The molecule has 0 radical (unpaired) electrons. The van der Waals surface area contributed by atoms with Gasteiger partial charge < -0.3 is 15.4 Å². The minimum atomic E-state index is -0.0928. The highest BCUT2D eigenvalue weighted by molar-refractivity contribution is 6.04. The van der Waals surface area contributed by atoms with Crippen LogP contribution in [0.2, 0.25) is 0 Å². The molecule has 3 aromatic carbocycles. The van der Waals surface area contributed by atoms with Crippen LogP contribution in [0.5, 0.6) is 5.75 Å². The summed E-state index contributed by atoms with van der Waals surface area (Å²) in [5.41, 5.74) is 5.00. The lowest BCUT2D eigenvalue weighted by Crippen LogP contribution is -2.29. The highest BCUT2D eigenvalue weighted by atomic mass is 16.5. The van der Waals surface area contributed by atoms with Crippen molar-refractivity contribution in [2.75, 3.05) is 17.7 Å². The Labute approximate surface area is 176 Å². The Kier molecular flexibility index (Phi) is 4.75. The third kappa shape index (κ3) is 3.24. The molecule has 0 saturated heterocycles. The maximum Gasteiger partial charge on any atom is 0.255 e. The molecule has 0 saturated carbocycles. The quantitative estimate of drug-likeness (QED) is 0.550.